The number of halogens is 1. The predicted octanol–water partition coefficient (Wildman–Crippen LogP) is 2.41. The molecule has 2 heterocycles. The molecule has 1 atom stereocenters. The highest BCUT2D eigenvalue weighted by Gasteiger charge is 2.31. The van der Waals surface area contributed by atoms with Crippen LogP contribution in [0.4, 0.5) is 9.18 Å². The first-order valence-electron chi connectivity index (χ1n) is 9.19. The highest BCUT2D eigenvalue weighted by atomic mass is 19.1. The number of benzene rings is 1. The Morgan fingerprint density at radius 2 is 1.72 bits per heavy atom. The monoisotopic (exact) mass is 347 g/mol. The summed E-state index contributed by atoms with van der Waals surface area (Å²) in [5.74, 6) is -0.368. The fourth-order valence-corrected chi connectivity index (χ4v) is 3.60. The van der Waals surface area contributed by atoms with Gasteiger partial charge in [-0.25, -0.2) is 9.18 Å². The maximum atomic E-state index is 12.9. The zero-order valence-corrected chi connectivity index (χ0v) is 14.5. The van der Waals surface area contributed by atoms with Gasteiger partial charge in [-0.05, 0) is 49.8 Å². The third-order valence-corrected chi connectivity index (χ3v) is 5.07. The molecule has 2 aliphatic rings. The van der Waals surface area contributed by atoms with Crippen molar-refractivity contribution < 1.29 is 14.0 Å². The van der Waals surface area contributed by atoms with Crippen molar-refractivity contribution in [3.8, 4) is 0 Å². The molecular weight excluding hydrogens is 321 g/mol. The van der Waals surface area contributed by atoms with Crippen LogP contribution >= 0.6 is 0 Å². The van der Waals surface area contributed by atoms with E-state index in [0.29, 0.717) is 19.5 Å². The molecule has 0 spiro atoms. The molecule has 0 aromatic heterocycles. The molecule has 3 amide bonds. The maximum absolute atomic E-state index is 12.9. The molecule has 1 aromatic rings. The number of rotatable bonds is 4. The van der Waals surface area contributed by atoms with E-state index in [0.717, 1.165) is 50.9 Å². The van der Waals surface area contributed by atoms with Crippen molar-refractivity contribution in [3.05, 3.63) is 35.6 Å². The topological polar surface area (TPSA) is 52.7 Å². The van der Waals surface area contributed by atoms with Crippen LogP contribution in [0.25, 0.3) is 0 Å². The number of carbonyl (C=O) groups is 2. The van der Waals surface area contributed by atoms with Crippen LogP contribution in [0.1, 0.15) is 31.2 Å². The third-order valence-electron chi connectivity index (χ3n) is 5.07. The van der Waals surface area contributed by atoms with Gasteiger partial charge in [0.2, 0.25) is 5.91 Å². The first-order valence-corrected chi connectivity index (χ1v) is 9.19. The average Bonchev–Trinajstić information content (AvgIpc) is 3.17. The zero-order valence-electron chi connectivity index (χ0n) is 14.5. The Hall–Kier alpha value is -2.11. The fourth-order valence-electron chi connectivity index (χ4n) is 3.60. The third kappa shape index (κ3) is 4.71. The van der Waals surface area contributed by atoms with E-state index in [-0.39, 0.29) is 23.7 Å². The molecule has 1 unspecified atom stereocenters. The second-order valence-corrected chi connectivity index (χ2v) is 6.93. The summed E-state index contributed by atoms with van der Waals surface area (Å²) in [6, 6.07) is 6.42. The Bertz CT molecular complexity index is 599. The molecular formula is C19H26FN3O2. The van der Waals surface area contributed by atoms with Gasteiger partial charge in [-0.15, -0.1) is 0 Å². The minimum absolute atomic E-state index is 0.0148. The number of nitrogens with one attached hydrogen (secondary N) is 1. The zero-order chi connectivity index (χ0) is 17.6. The fraction of sp³-hybridized carbons (Fsp3) is 0.579. The molecule has 2 fully saturated rings. The van der Waals surface area contributed by atoms with Gasteiger partial charge in [0.05, 0.1) is 5.92 Å². The van der Waals surface area contributed by atoms with Gasteiger partial charge < -0.3 is 15.1 Å². The van der Waals surface area contributed by atoms with E-state index in [4.69, 9.17) is 0 Å². The number of hydrogen-bond acceptors (Lipinski definition) is 2. The largest absolute Gasteiger partial charge is 0.355 e. The van der Waals surface area contributed by atoms with Crippen molar-refractivity contribution in [1.29, 1.82) is 0 Å². The lowest BCUT2D eigenvalue weighted by molar-refractivity contribution is -0.126. The van der Waals surface area contributed by atoms with Gasteiger partial charge in [-0.2, -0.15) is 0 Å². The number of carbonyl (C=O) groups excluding carboxylic acids is 2. The molecule has 0 bridgehead atoms. The second-order valence-electron chi connectivity index (χ2n) is 6.93. The average molecular weight is 347 g/mol. The van der Waals surface area contributed by atoms with Crippen LogP contribution in [0.15, 0.2) is 24.3 Å². The predicted molar refractivity (Wildman–Crippen MR) is 93.6 cm³/mol. The molecule has 1 aromatic carbocycles. The Labute approximate surface area is 148 Å². The molecule has 0 aliphatic carbocycles. The molecule has 3 rings (SSSR count). The summed E-state index contributed by atoms with van der Waals surface area (Å²) in [5.41, 5.74) is 0.996. The van der Waals surface area contributed by atoms with Crippen molar-refractivity contribution >= 4 is 11.9 Å². The minimum atomic E-state index is -0.252. The van der Waals surface area contributed by atoms with Gasteiger partial charge in [0.1, 0.15) is 5.82 Å². The maximum Gasteiger partial charge on any atom is 0.320 e. The Morgan fingerprint density at radius 1 is 1.04 bits per heavy atom. The molecule has 0 saturated carbocycles. The molecule has 6 heteroatoms. The lowest BCUT2D eigenvalue weighted by atomic mass is 9.97. The first-order chi connectivity index (χ1) is 12.1. The molecule has 5 nitrogen and oxygen atoms in total. The lowest BCUT2D eigenvalue weighted by Gasteiger charge is -2.34. The molecule has 0 radical (unpaired) electrons. The van der Waals surface area contributed by atoms with E-state index < -0.39 is 0 Å². The van der Waals surface area contributed by atoms with E-state index in [9.17, 15) is 14.0 Å². The quantitative estimate of drug-likeness (QED) is 0.909. The summed E-state index contributed by atoms with van der Waals surface area (Å²) in [5, 5.41) is 2.96. The van der Waals surface area contributed by atoms with Crippen LogP contribution in [0.5, 0.6) is 0 Å². The standard InChI is InChI=1S/C19H26FN3O2/c20-17-7-5-15(6-8-17)9-10-21-18(24)16-4-3-13-23(14-16)19(25)22-11-1-2-12-22/h5-8,16H,1-4,9-14H2,(H,21,24). The van der Waals surface area contributed by atoms with Gasteiger partial charge in [-0.1, -0.05) is 12.1 Å². The summed E-state index contributed by atoms with van der Waals surface area (Å²) in [7, 11) is 0. The van der Waals surface area contributed by atoms with E-state index >= 15 is 0 Å². The van der Waals surface area contributed by atoms with Crippen LogP contribution in [0.2, 0.25) is 0 Å². The highest BCUT2D eigenvalue weighted by Crippen LogP contribution is 2.20. The number of hydrogen-bond donors (Lipinski definition) is 1. The molecule has 2 saturated heterocycles. The number of urea groups is 1. The SMILES string of the molecule is O=C(NCCc1ccc(F)cc1)C1CCCN(C(=O)N2CCCC2)C1. The van der Waals surface area contributed by atoms with Crippen LogP contribution in [0.3, 0.4) is 0 Å². The van der Waals surface area contributed by atoms with Gasteiger partial charge >= 0.3 is 6.03 Å². The van der Waals surface area contributed by atoms with Crippen molar-refractivity contribution in [2.24, 2.45) is 5.92 Å². The molecule has 1 N–H and O–H groups in total. The number of likely N-dealkylation sites (tertiary alicyclic amines) is 2. The van der Waals surface area contributed by atoms with E-state index in [1.165, 1.54) is 12.1 Å². The Morgan fingerprint density at radius 3 is 2.44 bits per heavy atom. The summed E-state index contributed by atoms with van der Waals surface area (Å²) in [6.07, 6.45) is 4.52. The van der Waals surface area contributed by atoms with E-state index in [1.807, 2.05) is 9.80 Å². The highest BCUT2D eigenvalue weighted by molar-refractivity contribution is 5.81. The molecule has 136 valence electrons. The normalized spacial score (nSPS) is 20.6. The van der Waals surface area contributed by atoms with E-state index in [1.54, 1.807) is 12.1 Å². The van der Waals surface area contributed by atoms with Crippen molar-refractivity contribution in [2.45, 2.75) is 32.1 Å². The first kappa shape index (κ1) is 17.7. The summed E-state index contributed by atoms with van der Waals surface area (Å²) in [6.45, 7) is 3.46. The summed E-state index contributed by atoms with van der Waals surface area (Å²) in [4.78, 5) is 28.6. The minimum Gasteiger partial charge on any atom is -0.355 e. The summed E-state index contributed by atoms with van der Waals surface area (Å²) < 4.78 is 12.9. The van der Waals surface area contributed by atoms with Crippen LogP contribution in [0, 0.1) is 11.7 Å². The number of nitrogens with zero attached hydrogens (tertiary/aromatic N) is 2. The Kier molecular flexibility index (Phi) is 5.89. The number of piperidine rings is 1. The second kappa shape index (κ2) is 8.32. The smallest absolute Gasteiger partial charge is 0.320 e. The number of amides is 3. The van der Waals surface area contributed by atoms with E-state index in [2.05, 4.69) is 5.32 Å². The van der Waals surface area contributed by atoms with Crippen LogP contribution < -0.4 is 5.32 Å². The van der Waals surface area contributed by atoms with Gasteiger partial charge in [0.25, 0.3) is 0 Å². The van der Waals surface area contributed by atoms with Gasteiger partial charge in [0.15, 0.2) is 0 Å². The van der Waals surface area contributed by atoms with Crippen molar-refractivity contribution in [3.63, 3.8) is 0 Å². The van der Waals surface area contributed by atoms with Crippen LogP contribution in [-0.4, -0.2) is 54.5 Å². The van der Waals surface area contributed by atoms with Gasteiger partial charge in [0, 0.05) is 32.7 Å². The summed E-state index contributed by atoms with van der Waals surface area (Å²) >= 11 is 0. The lowest BCUT2D eigenvalue weighted by Crippen LogP contribution is -2.49. The molecule has 2 aliphatic heterocycles. The van der Waals surface area contributed by atoms with Crippen molar-refractivity contribution in [1.82, 2.24) is 15.1 Å². The molecule has 25 heavy (non-hydrogen) atoms. The Balaban J connectivity index is 1.44. The van der Waals surface area contributed by atoms with Crippen LogP contribution in [-0.2, 0) is 11.2 Å². The van der Waals surface area contributed by atoms with Gasteiger partial charge in [-0.3, -0.25) is 4.79 Å². The van der Waals surface area contributed by atoms with Crippen molar-refractivity contribution in [2.75, 3.05) is 32.7 Å².